The van der Waals surface area contributed by atoms with Crippen molar-refractivity contribution in [1.82, 2.24) is 4.90 Å². The molecule has 0 aliphatic carbocycles. The van der Waals surface area contributed by atoms with E-state index in [4.69, 9.17) is 10.5 Å². The average molecular weight is 231 g/mol. The molecule has 4 nitrogen and oxygen atoms in total. The van der Waals surface area contributed by atoms with Crippen molar-refractivity contribution in [2.24, 2.45) is 5.73 Å². The normalized spacial score (nSPS) is 20.5. The molecule has 1 heterocycles. The second kappa shape index (κ2) is 5.78. The number of nitrogens with two attached hydrogens (primary N) is 1. The second-order valence-corrected chi connectivity index (χ2v) is 4.16. The minimum absolute atomic E-state index is 0.265. The monoisotopic (exact) mass is 231 g/mol. The number of hydrogen-bond acceptors (Lipinski definition) is 4. The van der Waals surface area contributed by atoms with Crippen molar-refractivity contribution in [3.05, 3.63) is 35.9 Å². The summed E-state index contributed by atoms with van der Waals surface area (Å²) in [6.07, 6.45) is 0. The quantitative estimate of drug-likeness (QED) is 0.840. The summed E-state index contributed by atoms with van der Waals surface area (Å²) in [4.78, 5) is 2.10. The highest BCUT2D eigenvalue weighted by Gasteiger charge is 2.27. The molecule has 0 unspecified atom stereocenters. The van der Waals surface area contributed by atoms with Gasteiger partial charge in [0.05, 0.1) is 25.3 Å². The van der Waals surface area contributed by atoms with Gasteiger partial charge in [0.15, 0.2) is 0 Å². The highest BCUT2D eigenvalue weighted by molar-refractivity contribution is 5.22. The first-order valence-electron chi connectivity index (χ1n) is 5.85. The largest absolute Gasteiger partial charge is 0.379 e. The maximum atomic E-state index is 9.30. The zero-order valence-electron chi connectivity index (χ0n) is 9.75. The molecule has 1 aromatic rings. The summed E-state index contributed by atoms with van der Waals surface area (Å²) in [6.45, 7) is 2.91. The summed E-state index contributed by atoms with van der Waals surface area (Å²) in [5.41, 5.74) is 7.18. The number of benzene rings is 1. The fraction of sp³-hybridized carbons (Fsp3) is 0.462. The predicted octanol–water partition coefficient (Wildman–Crippen LogP) is 0.911. The highest BCUT2D eigenvalue weighted by atomic mass is 16.5. The van der Waals surface area contributed by atoms with Crippen molar-refractivity contribution in [2.75, 3.05) is 26.3 Å². The summed E-state index contributed by atoms with van der Waals surface area (Å²) in [5, 5.41) is 9.30. The van der Waals surface area contributed by atoms with E-state index in [0.717, 1.165) is 18.7 Å². The van der Waals surface area contributed by atoms with E-state index >= 15 is 0 Å². The standard InChI is InChI=1S/C13H17N3O/c14-10-12(16-6-8-17-9-7-16)13(15)11-4-2-1-3-5-11/h1-5,12-13H,6-9,15H2/t12-,13+/m1/s1. The van der Waals surface area contributed by atoms with E-state index in [0.29, 0.717) is 13.2 Å². The Morgan fingerprint density at radius 2 is 1.88 bits per heavy atom. The lowest BCUT2D eigenvalue weighted by molar-refractivity contribution is 0.0225. The molecule has 0 saturated carbocycles. The molecule has 0 radical (unpaired) electrons. The van der Waals surface area contributed by atoms with Crippen LogP contribution in [0.25, 0.3) is 0 Å². The summed E-state index contributed by atoms with van der Waals surface area (Å²) < 4.78 is 5.29. The smallest absolute Gasteiger partial charge is 0.117 e. The number of nitriles is 1. The third-order valence-corrected chi connectivity index (χ3v) is 3.10. The first kappa shape index (κ1) is 12.1. The lowest BCUT2D eigenvalue weighted by Gasteiger charge is -2.33. The fourth-order valence-electron chi connectivity index (χ4n) is 2.10. The van der Waals surface area contributed by atoms with Gasteiger partial charge in [-0.15, -0.1) is 0 Å². The first-order chi connectivity index (χ1) is 8.33. The Kier molecular flexibility index (Phi) is 4.10. The SMILES string of the molecule is N#C[C@H]([C@@H](N)c1ccccc1)N1CCOCC1. The van der Waals surface area contributed by atoms with Crippen molar-refractivity contribution >= 4 is 0 Å². The molecule has 17 heavy (non-hydrogen) atoms. The Morgan fingerprint density at radius 1 is 1.24 bits per heavy atom. The molecule has 1 fully saturated rings. The summed E-state index contributed by atoms with van der Waals surface area (Å²) in [7, 11) is 0. The van der Waals surface area contributed by atoms with E-state index in [1.165, 1.54) is 0 Å². The Bertz CT molecular complexity index is 381. The minimum Gasteiger partial charge on any atom is -0.379 e. The molecular weight excluding hydrogens is 214 g/mol. The van der Waals surface area contributed by atoms with E-state index in [9.17, 15) is 5.26 Å². The van der Waals surface area contributed by atoms with Crippen molar-refractivity contribution in [2.45, 2.75) is 12.1 Å². The molecule has 2 atom stereocenters. The predicted molar refractivity (Wildman–Crippen MR) is 65.2 cm³/mol. The summed E-state index contributed by atoms with van der Waals surface area (Å²) >= 11 is 0. The van der Waals surface area contributed by atoms with Crippen molar-refractivity contribution in [3.8, 4) is 6.07 Å². The molecular formula is C13H17N3O. The van der Waals surface area contributed by atoms with Gasteiger partial charge in [-0.1, -0.05) is 30.3 Å². The fourth-order valence-corrected chi connectivity index (χ4v) is 2.10. The van der Waals surface area contributed by atoms with E-state index < -0.39 is 0 Å². The number of hydrogen-bond donors (Lipinski definition) is 1. The molecule has 1 saturated heterocycles. The van der Waals surface area contributed by atoms with Gasteiger partial charge in [0.1, 0.15) is 6.04 Å². The lowest BCUT2D eigenvalue weighted by atomic mass is 9.99. The zero-order chi connectivity index (χ0) is 12.1. The number of morpholine rings is 1. The van der Waals surface area contributed by atoms with Crippen LogP contribution in [0.4, 0.5) is 0 Å². The van der Waals surface area contributed by atoms with Gasteiger partial charge in [0.2, 0.25) is 0 Å². The van der Waals surface area contributed by atoms with Gasteiger partial charge in [0, 0.05) is 13.1 Å². The van der Waals surface area contributed by atoms with Gasteiger partial charge in [-0.25, -0.2) is 0 Å². The average Bonchev–Trinajstić information content (AvgIpc) is 2.42. The Balaban J connectivity index is 2.10. The number of nitrogens with zero attached hydrogens (tertiary/aromatic N) is 2. The van der Waals surface area contributed by atoms with E-state index in [2.05, 4.69) is 11.0 Å². The molecule has 0 aromatic heterocycles. The van der Waals surface area contributed by atoms with E-state index in [1.807, 2.05) is 30.3 Å². The van der Waals surface area contributed by atoms with Crippen LogP contribution >= 0.6 is 0 Å². The van der Waals surface area contributed by atoms with Crippen LogP contribution in [-0.2, 0) is 4.74 Å². The Hall–Kier alpha value is -1.41. The van der Waals surface area contributed by atoms with Crippen LogP contribution in [0.15, 0.2) is 30.3 Å². The van der Waals surface area contributed by atoms with Crippen molar-refractivity contribution in [3.63, 3.8) is 0 Å². The molecule has 1 aliphatic rings. The van der Waals surface area contributed by atoms with Gasteiger partial charge in [-0.2, -0.15) is 5.26 Å². The van der Waals surface area contributed by atoms with Crippen LogP contribution < -0.4 is 5.73 Å². The van der Waals surface area contributed by atoms with Crippen molar-refractivity contribution in [1.29, 1.82) is 5.26 Å². The van der Waals surface area contributed by atoms with Gasteiger partial charge >= 0.3 is 0 Å². The summed E-state index contributed by atoms with van der Waals surface area (Å²) in [5.74, 6) is 0. The minimum atomic E-state index is -0.277. The molecule has 2 rings (SSSR count). The van der Waals surface area contributed by atoms with Crippen molar-refractivity contribution < 1.29 is 4.74 Å². The number of rotatable bonds is 3. The molecule has 0 amide bonds. The topological polar surface area (TPSA) is 62.3 Å². The van der Waals surface area contributed by atoms with Gasteiger partial charge in [0.25, 0.3) is 0 Å². The molecule has 2 N–H and O–H groups in total. The molecule has 90 valence electrons. The zero-order valence-corrected chi connectivity index (χ0v) is 9.75. The Morgan fingerprint density at radius 3 is 2.47 bits per heavy atom. The van der Waals surface area contributed by atoms with Crippen LogP contribution in [0, 0.1) is 11.3 Å². The summed E-state index contributed by atoms with van der Waals surface area (Å²) in [6, 6.07) is 11.6. The maximum absolute atomic E-state index is 9.30. The molecule has 0 spiro atoms. The number of ether oxygens (including phenoxy) is 1. The lowest BCUT2D eigenvalue weighted by Crippen LogP contribution is -2.47. The van der Waals surface area contributed by atoms with Crippen LogP contribution in [0.2, 0.25) is 0 Å². The Labute approximate surface area is 102 Å². The third-order valence-electron chi connectivity index (χ3n) is 3.10. The third kappa shape index (κ3) is 2.83. The van der Waals surface area contributed by atoms with Gasteiger partial charge < -0.3 is 10.5 Å². The van der Waals surface area contributed by atoms with Gasteiger partial charge in [-0.3, -0.25) is 4.90 Å². The van der Waals surface area contributed by atoms with E-state index in [1.54, 1.807) is 0 Å². The molecule has 4 heteroatoms. The van der Waals surface area contributed by atoms with E-state index in [-0.39, 0.29) is 12.1 Å². The van der Waals surface area contributed by atoms with Gasteiger partial charge in [-0.05, 0) is 5.56 Å². The first-order valence-corrected chi connectivity index (χ1v) is 5.85. The van der Waals surface area contributed by atoms with Crippen LogP contribution in [0.1, 0.15) is 11.6 Å². The van der Waals surface area contributed by atoms with Crippen LogP contribution in [-0.4, -0.2) is 37.2 Å². The highest BCUT2D eigenvalue weighted by Crippen LogP contribution is 2.19. The van der Waals surface area contributed by atoms with Crippen LogP contribution in [0.3, 0.4) is 0 Å². The molecule has 1 aromatic carbocycles. The molecule has 1 aliphatic heterocycles. The maximum Gasteiger partial charge on any atom is 0.117 e. The second-order valence-electron chi connectivity index (χ2n) is 4.16. The van der Waals surface area contributed by atoms with Crippen LogP contribution in [0.5, 0.6) is 0 Å². The molecule has 0 bridgehead atoms.